The number of nitrogens with one attached hydrogen (secondary N) is 3. The Morgan fingerprint density at radius 1 is 0.943 bits per heavy atom. The average molecular weight is 1240 g/mol. The summed E-state index contributed by atoms with van der Waals surface area (Å²) in [5.41, 5.74) is 4.42. The topological polar surface area (TPSA) is 376 Å². The second-order valence-corrected chi connectivity index (χ2v) is 26.2. The third-order valence-corrected chi connectivity index (χ3v) is 20.2. The predicted molar refractivity (Wildman–Crippen MR) is 322 cm³/mol. The van der Waals surface area contributed by atoms with Gasteiger partial charge in [0.2, 0.25) is 5.95 Å². The van der Waals surface area contributed by atoms with Gasteiger partial charge >= 0.3 is 23.9 Å². The average Bonchev–Trinajstić information content (AvgIpc) is 0.723. The number of anilines is 2. The molecule has 1 amide bonds. The lowest BCUT2D eigenvalue weighted by Crippen LogP contribution is -2.72. The maximum absolute atomic E-state index is 14.7. The number of aromatic nitrogens is 4. The van der Waals surface area contributed by atoms with E-state index in [-0.39, 0.29) is 84.4 Å². The molecule has 4 aromatic rings. The van der Waals surface area contributed by atoms with Crippen molar-refractivity contribution in [2.75, 3.05) is 36.3 Å². The third kappa shape index (κ3) is 14.9. The number of hydrogen-bond donors (Lipinski definition) is 8. The highest BCUT2D eigenvalue weighted by atomic mass is 33.1. The molecule has 9 N–H and O–H groups in total. The first-order valence-electron chi connectivity index (χ1n) is 28.6. The predicted octanol–water partition coefficient (Wildman–Crippen LogP) is 5.64. The number of ether oxygens (including phenoxy) is 4. The summed E-state index contributed by atoms with van der Waals surface area (Å²) in [4.78, 5) is 127. The van der Waals surface area contributed by atoms with Crippen LogP contribution in [0, 0.1) is 34.5 Å². The van der Waals surface area contributed by atoms with E-state index in [0.717, 1.165) is 5.56 Å². The number of Topliss-reactive ketones (excluding diaryl/α,β-unsaturated/α-hetero) is 3. The summed E-state index contributed by atoms with van der Waals surface area (Å²) in [6.07, 6.45) is -2.97. The molecule has 3 heterocycles. The molecule has 0 spiro atoms. The molecule has 1 aliphatic heterocycles. The van der Waals surface area contributed by atoms with E-state index in [9.17, 15) is 63.6 Å². The van der Waals surface area contributed by atoms with Crippen LogP contribution in [-0.4, -0.2) is 155 Å². The molecule has 3 fully saturated rings. The SMILES string of the molecule is CC(=O)CCSSCC(CC(=O)CCC(NC(=O)c1ccc(NCc2cnc3nc(N)[nH]c(=O)c3n2)cc1)C(=O)O)C(=O)O.CO[C@@H](C(=O)O[C@H]1C[C@@]2(O)[C@@H](C)C3[C@@H]4CO[C@@H]4C[C@H](O)[C@@]3(C)C(=O)[C@H](OC(C)=O)C(=C1C)C2(C)C)[C@@H](C)c1ccccc1. The van der Waals surface area contributed by atoms with E-state index in [1.54, 1.807) is 26.0 Å². The molecule has 87 heavy (non-hydrogen) atoms. The van der Waals surface area contributed by atoms with Crippen molar-refractivity contribution in [2.45, 2.75) is 149 Å². The number of ketones is 3. The van der Waals surface area contributed by atoms with Gasteiger partial charge in [-0.1, -0.05) is 79.6 Å². The standard InChI is InChI=1S/C34H46O9.C27H31N7O8S2/c1-17(21-12-10-9-11-13-21)28(40-8)31(38)43-24-15-34(39)19(3)27-22-16-41-23(22)14-25(36)33(27,7)30(37)29(42-20(4)35)26(18(24)2)32(34,5)6;1-14(35)8-9-43-44-13-16(25(39)40)10-19(36)6-7-20(26(41)42)32-23(37)15-2-4-17(5-3-15)29-11-18-12-30-22-21(31-18)24(38)34-27(28)33-22/h9-13,17,19,22-25,27-29,36,39H,14-16H2,1-8H3;2-5,12,16,20,29H,6-11,13H2,1H3,(H,32,37)(H,39,40)(H,41,42)(H3,28,30,33,34,38)/t17-,19-,22+,23+,24-,25-,27?,28+,29+,33+,34+;/m0./s1. The lowest BCUT2D eigenvalue weighted by Gasteiger charge is -2.65. The quantitative estimate of drug-likeness (QED) is 0.0182. The van der Waals surface area contributed by atoms with Crippen LogP contribution in [0.5, 0.6) is 0 Å². The number of aliphatic hydroxyl groups excluding tert-OH is 1. The maximum Gasteiger partial charge on any atom is 0.336 e. The van der Waals surface area contributed by atoms with Gasteiger partial charge in [0.15, 0.2) is 29.2 Å². The fourth-order valence-corrected chi connectivity index (χ4v) is 15.1. The Balaban J connectivity index is 0.000000249. The molecule has 3 aliphatic carbocycles. The number of carboxylic acid groups (broad SMARTS) is 2. The number of H-pyrrole nitrogens is 1. The molecule has 8 rings (SSSR count). The van der Waals surface area contributed by atoms with Gasteiger partial charge in [0.25, 0.3) is 11.5 Å². The Morgan fingerprint density at radius 3 is 2.24 bits per heavy atom. The zero-order valence-electron chi connectivity index (χ0n) is 50.0. The number of aliphatic hydroxyl groups is 2. The van der Waals surface area contributed by atoms with E-state index in [0.29, 0.717) is 47.7 Å². The number of methoxy groups -OCH3 is 1. The van der Waals surface area contributed by atoms with Crippen molar-refractivity contribution in [3.63, 3.8) is 0 Å². The van der Waals surface area contributed by atoms with Crippen molar-refractivity contribution in [3.05, 3.63) is 99.1 Å². The Kier molecular flexibility index (Phi) is 22.0. The van der Waals surface area contributed by atoms with Crippen LogP contribution >= 0.6 is 21.6 Å². The van der Waals surface area contributed by atoms with Gasteiger partial charge in [0.1, 0.15) is 23.7 Å². The van der Waals surface area contributed by atoms with Gasteiger partial charge in [-0.15, -0.1) is 0 Å². The van der Waals surface area contributed by atoms with Crippen molar-refractivity contribution in [1.82, 2.24) is 25.3 Å². The van der Waals surface area contributed by atoms with Crippen LogP contribution in [0.3, 0.4) is 0 Å². The van der Waals surface area contributed by atoms with E-state index in [1.807, 2.05) is 58.0 Å². The summed E-state index contributed by atoms with van der Waals surface area (Å²) in [6, 6.07) is 14.3. The third-order valence-electron chi connectivity index (χ3n) is 17.7. The molecule has 2 bridgehead atoms. The van der Waals surface area contributed by atoms with Gasteiger partial charge in [0.05, 0.1) is 54.2 Å². The highest BCUT2D eigenvalue weighted by molar-refractivity contribution is 8.76. The molecule has 2 aromatic carbocycles. The lowest BCUT2D eigenvalue weighted by molar-refractivity contribution is -0.262. The number of nitrogens with two attached hydrogens (primary N) is 1. The van der Waals surface area contributed by atoms with E-state index >= 15 is 0 Å². The Labute approximate surface area is 510 Å². The zero-order chi connectivity index (χ0) is 63.9. The second-order valence-electron chi connectivity index (χ2n) is 23.5. The van der Waals surface area contributed by atoms with Crippen molar-refractivity contribution >= 4 is 91.5 Å². The van der Waals surface area contributed by atoms with Crippen LogP contribution in [0.2, 0.25) is 0 Å². The number of carboxylic acids is 2. The first-order valence-corrected chi connectivity index (χ1v) is 31.1. The summed E-state index contributed by atoms with van der Waals surface area (Å²) in [7, 11) is 4.08. The minimum Gasteiger partial charge on any atom is -0.481 e. The van der Waals surface area contributed by atoms with Gasteiger partial charge in [-0.25, -0.2) is 19.6 Å². The minimum atomic E-state index is -1.50. The van der Waals surface area contributed by atoms with Crippen LogP contribution in [0.4, 0.5) is 11.6 Å². The number of fused-ring (bicyclic) bond motifs is 6. The molecular formula is C61H77N7O17S2. The summed E-state index contributed by atoms with van der Waals surface area (Å²) >= 11 is 0. The zero-order valence-corrected chi connectivity index (χ0v) is 51.7. The second kappa shape index (κ2) is 28.4. The fraction of sp³-hybridized carbons (Fsp3) is 0.541. The summed E-state index contributed by atoms with van der Waals surface area (Å²) < 4.78 is 23.4. The molecular weight excluding hydrogens is 1170 g/mol. The summed E-state index contributed by atoms with van der Waals surface area (Å²) in [5, 5.41) is 48.8. The van der Waals surface area contributed by atoms with Gasteiger partial charge in [-0.2, -0.15) is 4.98 Å². The lowest BCUT2D eigenvalue weighted by atomic mass is 9.44. The molecule has 2 aromatic heterocycles. The number of amides is 1. The largest absolute Gasteiger partial charge is 0.481 e. The highest BCUT2D eigenvalue weighted by Gasteiger charge is 2.70. The Morgan fingerprint density at radius 2 is 1.63 bits per heavy atom. The van der Waals surface area contributed by atoms with Crippen LogP contribution in [0.25, 0.3) is 11.2 Å². The first-order chi connectivity index (χ1) is 41.0. The van der Waals surface area contributed by atoms with Crippen LogP contribution < -0.4 is 21.9 Å². The number of esters is 2. The molecule has 24 nitrogen and oxygen atoms in total. The molecule has 0 radical (unpaired) electrons. The molecule has 2 saturated carbocycles. The minimum absolute atomic E-state index is 0.0339. The number of nitrogens with zero attached hydrogens (tertiary/aromatic N) is 3. The van der Waals surface area contributed by atoms with Crippen LogP contribution in [-0.2, 0) is 59.1 Å². The van der Waals surface area contributed by atoms with E-state index in [1.165, 1.54) is 60.9 Å². The number of nitrogen functional groups attached to an aromatic ring is 1. The van der Waals surface area contributed by atoms with Gasteiger partial charge < -0.3 is 55.7 Å². The Hall–Kier alpha value is -7.10. The van der Waals surface area contributed by atoms with E-state index < -0.39 is 112 Å². The number of benzene rings is 2. The smallest absolute Gasteiger partial charge is 0.336 e. The molecule has 470 valence electrons. The monoisotopic (exact) mass is 1240 g/mol. The number of carbonyl (C=O) groups is 8. The highest BCUT2D eigenvalue weighted by Crippen LogP contribution is 2.64. The number of aliphatic carboxylic acids is 2. The summed E-state index contributed by atoms with van der Waals surface area (Å²) in [6.45, 7) is 14.4. The number of hydrogen-bond acceptors (Lipinski definition) is 22. The van der Waals surface area contributed by atoms with E-state index in [4.69, 9.17) is 24.7 Å². The number of rotatable bonds is 24. The molecule has 4 aliphatic rings. The molecule has 26 heteroatoms. The maximum atomic E-state index is 14.7. The van der Waals surface area contributed by atoms with Crippen molar-refractivity contribution < 1.29 is 77.7 Å². The fourth-order valence-electron chi connectivity index (χ4n) is 12.7. The van der Waals surface area contributed by atoms with Gasteiger partial charge in [0, 0.05) is 86.1 Å². The molecule has 13 atom stereocenters. The van der Waals surface area contributed by atoms with Crippen LogP contribution in [0.15, 0.2) is 76.7 Å². The Bertz CT molecular complexity index is 3330. The normalized spacial score (nSPS) is 25.8. The number of aromatic amines is 1. The van der Waals surface area contributed by atoms with Crippen LogP contribution in [0.1, 0.15) is 121 Å². The summed E-state index contributed by atoms with van der Waals surface area (Å²) in [5.74, 6) is -6.83. The first kappa shape index (κ1) is 67.4. The number of carbonyl (C=O) groups excluding carboxylic acids is 6. The van der Waals surface area contributed by atoms with Crippen molar-refractivity contribution in [2.24, 2.45) is 34.5 Å². The van der Waals surface area contributed by atoms with Crippen molar-refractivity contribution in [1.29, 1.82) is 0 Å². The van der Waals surface area contributed by atoms with Gasteiger partial charge in [-0.05, 0) is 80.0 Å². The molecule has 3 unspecified atom stereocenters. The van der Waals surface area contributed by atoms with E-state index in [2.05, 4.69) is 30.6 Å². The van der Waals surface area contributed by atoms with Crippen molar-refractivity contribution in [3.8, 4) is 0 Å². The molecule has 1 saturated heterocycles. The van der Waals surface area contributed by atoms with Gasteiger partial charge in [-0.3, -0.25) is 38.5 Å².